The van der Waals surface area contributed by atoms with Gasteiger partial charge in [-0.1, -0.05) is 12.1 Å². The van der Waals surface area contributed by atoms with Gasteiger partial charge in [-0.15, -0.1) is 0 Å². The SMILES string of the molecule is CC1CCC2(C(=O)N(C(CO)C(=O)NCc3ccc(F)cc3)C2C)N1C(=O)OC(C)(C)C. The summed E-state index contributed by atoms with van der Waals surface area (Å²) in [6.45, 7) is 8.55. The topological polar surface area (TPSA) is 99.2 Å². The summed E-state index contributed by atoms with van der Waals surface area (Å²) in [5, 5.41) is 12.6. The monoisotopic (exact) mass is 449 g/mol. The van der Waals surface area contributed by atoms with Gasteiger partial charge in [0.2, 0.25) is 5.91 Å². The number of hydrogen-bond donors (Lipinski definition) is 2. The van der Waals surface area contributed by atoms with E-state index in [-0.39, 0.29) is 24.3 Å². The molecule has 2 N–H and O–H groups in total. The molecule has 2 heterocycles. The fraction of sp³-hybridized carbons (Fsp3) is 0.609. The van der Waals surface area contributed by atoms with E-state index in [0.717, 1.165) is 0 Å². The summed E-state index contributed by atoms with van der Waals surface area (Å²) in [7, 11) is 0. The first-order chi connectivity index (χ1) is 14.9. The van der Waals surface area contributed by atoms with E-state index in [2.05, 4.69) is 5.32 Å². The highest BCUT2D eigenvalue weighted by Gasteiger charge is 2.68. The van der Waals surface area contributed by atoms with Crippen molar-refractivity contribution < 1.29 is 28.6 Å². The predicted molar refractivity (Wildman–Crippen MR) is 115 cm³/mol. The third-order valence-electron chi connectivity index (χ3n) is 6.31. The van der Waals surface area contributed by atoms with E-state index in [1.54, 1.807) is 39.8 Å². The van der Waals surface area contributed by atoms with Crippen LogP contribution in [0.1, 0.15) is 53.0 Å². The Labute approximate surface area is 187 Å². The molecule has 4 unspecified atom stereocenters. The molecule has 2 saturated heterocycles. The van der Waals surface area contributed by atoms with Crippen molar-refractivity contribution in [1.82, 2.24) is 15.1 Å². The van der Waals surface area contributed by atoms with E-state index in [1.807, 2.05) is 6.92 Å². The van der Waals surface area contributed by atoms with Gasteiger partial charge in [0.05, 0.1) is 12.6 Å². The van der Waals surface area contributed by atoms with Crippen molar-refractivity contribution in [1.29, 1.82) is 0 Å². The first-order valence-electron chi connectivity index (χ1n) is 10.9. The van der Waals surface area contributed by atoms with Gasteiger partial charge in [-0.05, 0) is 65.2 Å². The summed E-state index contributed by atoms with van der Waals surface area (Å²) in [6, 6.07) is 3.95. The second kappa shape index (κ2) is 8.69. The molecular formula is C23H32FN3O5. The lowest BCUT2D eigenvalue weighted by Crippen LogP contribution is -2.81. The average Bonchev–Trinajstić information content (AvgIpc) is 3.09. The van der Waals surface area contributed by atoms with E-state index in [1.165, 1.54) is 21.9 Å². The number of benzene rings is 1. The normalized spacial score (nSPS) is 26.2. The van der Waals surface area contributed by atoms with Gasteiger partial charge < -0.3 is 20.1 Å². The Balaban J connectivity index is 1.74. The summed E-state index contributed by atoms with van der Waals surface area (Å²) in [6.07, 6.45) is 0.562. The van der Waals surface area contributed by atoms with Crippen molar-refractivity contribution in [2.45, 2.75) is 83.3 Å². The molecule has 1 aromatic carbocycles. The number of aliphatic hydroxyl groups excluding tert-OH is 1. The Morgan fingerprint density at radius 1 is 1.28 bits per heavy atom. The summed E-state index contributed by atoms with van der Waals surface area (Å²) < 4.78 is 18.6. The number of ether oxygens (including phenoxy) is 1. The Bertz CT molecular complexity index is 885. The molecule has 4 atom stereocenters. The average molecular weight is 450 g/mol. The van der Waals surface area contributed by atoms with Crippen LogP contribution in [0, 0.1) is 5.82 Å². The van der Waals surface area contributed by atoms with Crippen LogP contribution >= 0.6 is 0 Å². The molecule has 0 bridgehead atoms. The highest BCUT2D eigenvalue weighted by Crippen LogP contribution is 2.48. The molecular weight excluding hydrogens is 417 g/mol. The molecule has 2 fully saturated rings. The smallest absolute Gasteiger partial charge is 0.411 e. The fourth-order valence-electron chi connectivity index (χ4n) is 4.71. The van der Waals surface area contributed by atoms with E-state index >= 15 is 0 Å². The lowest BCUT2D eigenvalue weighted by atomic mass is 9.76. The number of carbonyl (C=O) groups is 3. The standard InChI is InChI=1S/C23H32FN3O5/c1-14-10-11-23(27(14)21(31)32-22(3,4)5)15(2)26(20(23)30)18(13-28)19(29)25-12-16-6-8-17(24)9-7-16/h6-9,14-15,18,28H,10-13H2,1-5H3,(H,25,29). The Kier molecular flexibility index (Phi) is 6.51. The van der Waals surface area contributed by atoms with Gasteiger partial charge in [0.25, 0.3) is 5.91 Å². The maximum Gasteiger partial charge on any atom is 0.411 e. The summed E-state index contributed by atoms with van der Waals surface area (Å²) >= 11 is 0. The van der Waals surface area contributed by atoms with Crippen LogP contribution in [0.3, 0.4) is 0 Å². The largest absolute Gasteiger partial charge is 0.444 e. The minimum absolute atomic E-state index is 0.137. The number of nitrogens with zero attached hydrogens (tertiary/aromatic N) is 2. The summed E-state index contributed by atoms with van der Waals surface area (Å²) in [4.78, 5) is 41.9. The molecule has 2 aliphatic rings. The summed E-state index contributed by atoms with van der Waals surface area (Å²) in [5.41, 5.74) is -1.09. The second-order valence-electron chi connectivity index (χ2n) is 9.59. The van der Waals surface area contributed by atoms with Crippen molar-refractivity contribution in [2.24, 2.45) is 0 Å². The van der Waals surface area contributed by atoms with Gasteiger partial charge in [0.1, 0.15) is 23.0 Å². The van der Waals surface area contributed by atoms with Crippen LogP contribution in [-0.4, -0.2) is 68.7 Å². The molecule has 1 spiro atoms. The van der Waals surface area contributed by atoms with Gasteiger partial charge in [0.15, 0.2) is 0 Å². The molecule has 0 radical (unpaired) electrons. The molecule has 3 rings (SSSR count). The number of β-lactam (4-membered cyclic amide) rings is 1. The number of amides is 3. The Morgan fingerprint density at radius 2 is 1.91 bits per heavy atom. The molecule has 0 aromatic heterocycles. The maximum absolute atomic E-state index is 13.4. The van der Waals surface area contributed by atoms with Gasteiger partial charge >= 0.3 is 6.09 Å². The number of aliphatic hydroxyl groups is 1. The van der Waals surface area contributed by atoms with Crippen LogP contribution in [0.4, 0.5) is 9.18 Å². The third-order valence-corrected chi connectivity index (χ3v) is 6.31. The first kappa shape index (κ1) is 24.0. The van der Waals surface area contributed by atoms with Gasteiger partial charge in [-0.2, -0.15) is 0 Å². The Hall–Kier alpha value is -2.68. The zero-order valence-electron chi connectivity index (χ0n) is 19.2. The third kappa shape index (κ3) is 4.18. The quantitative estimate of drug-likeness (QED) is 0.672. The zero-order chi connectivity index (χ0) is 23.8. The molecule has 3 amide bonds. The van der Waals surface area contributed by atoms with E-state index in [0.29, 0.717) is 18.4 Å². The van der Waals surface area contributed by atoms with Crippen molar-refractivity contribution in [3.05, 3.63) is 35.6 Å². The number of rotatable bonds is 5. The van der Waals surface area contributed by atoms with Crippen LogP contribution in [0.15, 0.2) is 24.3 Å². The number of likely N-dealkylation sites (tertiary alicyclic amines) is 2. The molecule has 8 nitrogen and oxygen atoms in total. The Morgan fingerprint density at radius 3 is 2.44 bits per heavy atom. The van der Waals surface area contributed by atoms with Crippen LogP contribution in [0.5, 0.6) is 0 Å². The highest BCUT2D eigenvalue weighted by atomic mass is 19.1. The van der Waals surface area contributed by atoms with E-state index in [4.69, 9.17) is 4.74 Å². The second-order valence-corrected chi connectivity index (χ2v) is 9.59. The minimum Gasteiger partial charge on any atom is -0.444 e. The molecule has 176 valence electrons. The lowest BCUT2D eigenvalue weighted by molar-refractivity contribution is -0.181. The summed E-state index contributed by atoms with van der Waals surface area (Å²) in [5.74, 6) is -1.25. The molecule has 32 heavy (non-hydrogen) atoms. The van der Waals surface area contributed by atoms with Crippen LogP contribution in [0.2, 0.25) is 0 Å². The molecule has 9 heteroatoms. The minimum atomic E-state index is -1.08. The molecule has 1 aromatic rings. The number of halogens is 1. The lowest BCUT2D eigenvalue weighted by Gasteiger charge is -2.58. The van der Waals surface area contributed by atoms with Crippen LogP contribution in [0.25, 0.3) is 0 Å². The van der Waals surface area contributed by atoms with Crippen molar-refractivity contribution in [2.75, 3.05) is 6.61 Å². The number of nitrogens with one attached hydrogen (secondary N) is 1. The molecule has 2 aliphatic heterocycles. The predicted octanol–water partition coefficient (Wildman–Crippen LogP) is 2.19. The van der Waals surface area contributed by atoms with Crippen molar-refractivity contribution in [3.8, 4) is 0 Å². The van der Waals surface area contributed by atoms with Crippen LogP contribution < -0.4 is 5.32 Å². The number of carbonyl (C=O) groups excluding carboxylic acids is 3. The number of hydrogen-bond acceptors (Lipinski definition) is 5. The first-order valence-corrected chi connectivity index (χ1v) is 10.9. The zero-order valence-corrected chi connectivity index (χ0v) is 19.2. The molecule has 0 aliphatic carbocycles. The maximum atomic E-state index is 13.4. The van der Waals surface area contributed by atoms with Gasteiger partial charge in [0, 0.05) is 12.6 Å². The van der Waals surface area contributed by atoms with Crippen molar-refractivity contribution >= 4 is 17.9 Å². The van der Waals surface area contributed by atoms with E-state index in [9.17, 15) is 23.9 Å². The van der Waals surface area contributed by atoms with Gasteiger partial charge in [-0.25, -0.2) is 9.18 Å². The molecule has 0 saturated carbocycles. The van der Waals surface area contributed by atoms with Gasteiger partial charge in [-0.3, -0.25) is 14.5 Å². The van der Waals surface area contributed by atoms with Crippen LogP contribution in [-0.2, 0) is 20.9 Å². The van der Waals surface area contributed by atoms with Crippen molar-refractivity contribution in [3.63, 3.8) is 0 Å². The fourth-order valence-corrected chi connectivity index (χ4v) is 4.71. The van der Waals surface area contributed by atoms with E-state index < -0.39 is 41.8 Å². The highest BCUT2D eigenvalue weighted by molar-refractivity contribution is 6.01.